The fraction of sp³-hybridized carbons (Fsp3) is 0.600. The normalized spacial score (nSPS) is 28.7. The van der Waals surface area contributed by atoms with Crippen molar-refractivity contribution in [2.24, 2.45) is 11.0 Å². The van der Waals surface area contributed by atoms with E-state index in [0.29, 0.717) is 35.9 Å². The quantitative estimate of drug-likeness (QED) is 0.709. The SMILES string of the molecule is CCCN1C(=O)C2CC(F)CCC2N2C(SCc3cccc(C(F)(F)F)c3)=NNC12. The van der Waals surface area contributed by atoms with Gasteiger partial charge in [0.2, 0.25) is 5.91 Å². The molecule has 0 bridgehead atoms. The summed E-state index contributed by atoms with van der Waals surface area (Å²) in [6, 6.07) is 5.11. The minimum atomic E-state index is -4.38. The summed E-state index contributed by atoms with van der Waals surface area (Å²) in [5, 5.41) is 5.03. The topological polar surface area (TPSA) is 47.9 Å². The van der Waals surface area contributed by atoms with Gasteiger partial charge < -0.3 is 9.80 Å². The minimum Gasteiger partial charge on any atom is -0.307 e. The van der Waals surface area contributed by atoms with Gasteiger partial charge in [-0.1, -0.05) is 36.9 Å². The first kappa shape index (κ1) is 21.3. The third kappa shape index (κ3) is 3.98. The third-order valence-electron chi connectivity index (χ3n) is 5.85. The van der Waals surface area contributed by atoms with Gasteiger partial charge in [-0.05, 0) is 37.3 Å². The Balaban J connectivity index is 1.52. The Bertz CT molecular complexity index is 833. The van der Waals surface area contributed by atoms with Crippen LogP contribution in [0.2, 0.25) is 0 Å². The number of hydrogen-bond donors (Lipinski definition) is 1. The molecule has 1 amide bonds. The number of thioether (sulfide) groups is 1. The summed E-state index contributed by atoms with van der Waals surface area (Å²) in [5.74, 6) is -0.147. The van der Waals surface area contributed by atoms with E-state index in [2.05, 4.69) is 10.5 Å². The first-order valence-electron chi connectivity index (χ1n) is 10.1. The summed E-state index contributed by atoms with van der Waals surface area (Å²) in [6.45, 7) is 2.51. The largest absolute Gasteiger partial charge is 0.416 e. The van der Waals surface area contributed by atoms with Crippen LogP contribution in [0, 0.1) is 5.92 Å². The number of amidine groups is 1. The molecular weight excluding hydrogens is 420 g/mol. The van der Waals surface area contributed by atoms with Crippen molar-refractivity contribution in [1.82, 2.24) is 15.2 Å². The van der Waals surface area contributed by atoms with Crippen molar-refractivity contribution in [3.05, 3.63) is 35.4 Å². The van der Waals surface area contributed by atoms with Crippen molar-refractivity contribution in [2.45, 2.75) is 63.0 Å². The van der Waals surface area contributed by atoms with E-state index in [1.54, 1.807) is 11.0 Å². The van der Waals surface area contributed by atoms with Gasteiger partial charge in [-0.2, -0.15) is 18.3 Å². The van der Waals surface area contributed by atoms with Crippen LogP contribution in [0.4, 0.5) is 17.6 Å². The molecule has 1 N–H and O–H groups in total. The molecule has 164 valence electrons. The summed E-state index contributed by atoms with van der Waals surface area (Å²) in [6.07, 6.45) is -3.86. The van der Waals surface area contributed by atoms with E-state index >= 15 is 0 Å². The van der Waals surface area contributed by atoms with E-state index in [9.17, 15) is 22.4 Å². The van der Waals surface area contributed by atoms with Crippen LogP contribution in [-0.4, -0.2) is 45.9 Å². The molecule has 2 fully saturated rings. The number of carbonyl (C=O) groups is 1. The highest BCUT2D eigenvalue weighted by molar-refractivity contribution is 8.13. The zero-order chi connectivity index (χ0) is 21.5. The van der Waals surface area contributed by atoms with E-state index in [0.717, 1.165) is 18.6 Å². The first-order chi connectivity index (χ1) is 14.3. The molecule has 1 aromatic carbocycles. The number of alkyl halides is 4. The second-order valence-electron chi connectivity index (χ2n) is 7.91. The van der Waals surface area contributed by atoms with Gasteiger partial charge in [0.25, 0.3) is 0 Å². The molecule has 1 saturated carbocycles. The van der Waals surface area contributed by atoms with E-state index in [1.165, 1.54) is 17.8 Å². The second kappa shape index (κ2) is 8.28. The van der Waals surface area contributed by atoms with Gasteiger partial charge in [0.15, 0.2) is 11.5 Å². The number of fused-ring (bicyclic) bond motifs is 3. The molecule has 4 atom stereocenters. The molecule has 0 radical (unpaired) electrons. The molecule has 2 aliphatic heterocycles. The lowest BCUT2D eigenvalue weighted by Gasteiger charge is -2.50. The lowest BCUT2D eigenvalue weighted by molar-refractivity contribution is -0.156. The Labute approximate surface area is 176 Å². The van der Waals surface area contributed by atoms with Crippen LogP contribution in [0.15, 0.2) is 29.4 Å². The van der Waals surface area contributed by atoms with Crippen molar-refractivity contribution >= 4 is 22.8 Å². The minimum absolute atomic E-state index is 0.0442. The summed E-state index contributed by atoms with van der Waals surface area (Å²) in [4.78, 5) is 16.7. The van der Waals surface area contributed by atoms with Crippen molar-refractivity contribution in [2.75, 3.05) is 6.54 Å². The van der Waals surface area contributed by atoms with Crippen molar-refractivity contribution in [3.8, 4) is 0 Å². The van der Waals surface area contributed by atoms with Crippen LogP contribution in [-0.2, 0) is 16.7 Å². The van der Waals surface area contributed by atoms with E-state index < -0.39 is 30.1 Å². The van der Waals surface area contributed by atoms with Crippen molar-refractivity contribution in [1.29, 1.82) is 0 Å². The Morgan fingerprint density at radius 2 is 2.10 bits per heavy atom. The Hall–Kier alpha value is -1.97. The molecule has 1 aliphatic carbocycles. The number of amides is 1. The van der Waals surface area contributed by atoms with Gasteiger partial charge in [0.1, 0.15) is 6.17 Å². The lowest BCUT2D eigenvalue weighted by atomic mass is 9.80. The van der Waals surface area contributed by atoms with Gasteiger partial charge in [-0.25, -0.2) is 4.39 Å². The maximum Gasteiger partial charge on any atom is 0.416 e. The predicted molar refractivity (Wildman–Crippen MR) is 107 cm³/mol. The van der Waals surface area contributed by atoms with Gasteiger partial charge >= 0.3 is 6.18 Å². The molecule has 5 nitrogen and oxygen atoms in total. The van der Waals surface area contributed by atoms with Crippen molar-refractivity contribution in [3.63, 3.8) is 0 Å². The summed E-state index contributed by atoms with van der Waals surface area (Å²) >= 11 is 1.33. The molecule has 30 heavy (non-hydrogen) atoms. The molecule has 4 unspecified atom stereocenters. The summed E-state index contributed by atoms with van der Waals surface area (Å²) in [5.41, 5.74) is 2.88. The monoisotopic (exact) mass is 444 g/mol. The third-order valence-corrected chi connectivity index (χ3v) is 6.89. The average Bonchev–Trinajstić information content (AvgIpc) is 3.13. The molecule has 0 spiro atoms. The number of hydrogen-bond acceptors (Lipinski definition) is 5. The smallest absolute Gasteiger partial charge is 0.307 e. The number of halogens is 4. The molecule has 2 heterocycles. The lowest BCUT2D eigenvalue weighted by Crippen LogP contribution is -2.67. The first-order valence-corrected chi connectivity index (χ1v) is 11.1. The number of nitrogens with zero attached hydrogens (tertiary/aromatic N) is 3. The van der Waals surface area contributed by atoms with Crippen LogP contribution in [0.25, 0.3) is 0 Å². The Morgan fingerprint density at radius 1 is 1.30 bits per heavy atom. The maximum atomic E-state index is 14.1. The number of nitrogens with one attached hydrogen (secondary N) is 1. The maximum absolute atomic E-state index is 14.1. The number of hydrazone groups is 1. The van der Waals surface area contributed by atoms with Gasteiger partial charge in [-0.15, -0.1) is 0 Å². The Kier molecular flexibility index (Phi) is 5.87. The van der Waals surface area contributed by atoms with Crippen LogP contribution >= 0.6 is 11.8 Å². The molecule has 1 aromatic rings. The van der Waals surface area contributed by atoms with Crippen molar-refractivity contribution < 1.29 is 22.4 Å². The average molecular weight is 444 g/mol. The van der Waals surface area contributed by atoms with E-state index in [4.69, 9.17) is 0 Å². The zero-order valence-corrected chi connectivity index (χ0v) is 17.3. The van der Waals surface area contributed by atoms with Gasteiger partial charge in [-0.3, -0.25) is 10.2 Å². The van der Waals surface area contributed by atoms with Crippen LogP contribution in [0.5, 0.6) is 0 Å². The molecular formula is C20H24F4N4OS. The van der Waals surface area contributed by atoms with Crippen LogP contribution in [0.1, 0.15) is 43.7 Å². The van der Waals surface area contributed by atoms with Crippen LogP contribution in [0.3, 0.4) is 0 Å². The van der Waals surface area contributed by atoms with E-state index in [1.807, 2.05) is 11.8 Å². The summed E-state index contributed by atoms with van der Waals surface area (Å²) in [7, 11) is 0. The molecule has 3 aliphatic rings. The predicted octanol–water partition coefficient (Wildman–Crippen LogP) is 4.16. The summed E-state index contributed by atoms with van der Waals surface area (Å²) < 4.78 is 53.0. The number of carbonyl (C=O) groups excluding carboxylic acids is 1. The number of benzene rings is 1. The van der Waals surface area contributed by atoms with Gasteiger partial charge in [0.05, 0.1) is 11.5 Å². The fourth-order valence-electron chi connectivity index (χ4n) is 4.48. The highest BCUT2D eigenvalue weighted by Gasteiger charge is 2.52. The Morgan fingerprint density at radius 3 is 2.83 bits per heavy atom. The highest BCUT2D eigenvalue weighted by atomic mass is 32.2. The standard InChI is InChI=1S/C20H24F4N4OS/c1-2-8-27-17(29)15-10-14(21)6-7-16(15)28-18(27)25-26-19(28)30-11-12-4-3-5-13(9-12)20(22,23)24/h3-5,9,14-16,18,25H,2,6-8,10-11H2,1H3. The molecule has 1 saturated heterocycles. The zero-order valence-electron chi connectivity index (χ0n) is 16.5. The highest BCUT2D eigenvalue weighted by Crippen LogP contribution is 2.40. The molecule has 0 aromatic heterocycles. The fourth-order valence-corrected chi connectivity index (χ4v) is 5.46. The van der Waals surface area contributed by atoms with Gasteiger partial charge in [0, 0.05) is 18.3 Å². The van der Waals surface area contributed by atoms with E-state index in [-0.39, 0.29) is 18.4 Å². The number of rotatable bonds is 4. The molecule has 10 heteroatoms. The van der Waals surface area contributed by atoms with Crippen LogP contribution < -0.4 is 5.43 Å². The second-order valence-corrected chi connectivity index (χ2v) is 8.85. The molecule has 4 rings (SSSR count).